The van der Waals surface area contributed by atoms with Crippen LogP contribution in [0.15, 0.2) is 79.4 Å². The summed E-state index contributed by atoms with van der Waals surface area (Å²) >= 11 is 6.46. The lowest BCUT2D eigenvalue weighted by Crippen LogP contribution is -2.63. The number of hydrogen-bond acceptors (Lipinski definition) is 6. The van der Waals surface area contributed by atoms with Crippen molar-refractivity contribution in [1.82, 2.24) is 13.8 Å². The molecule has 1 atom stereocenters. The van der Waals surface area contributed by atoms with Crippen molar-refractivity contribution in [3.05, 3.63) is 80.3 Å². The van der Waals surface area contributed by atoms with Crippen molar-refractivity contribution < 1.29 is 0 Å². The van der Waals surface area contributed by atoms with Crippen LogP contribution in [0.3, 0.4) is 0 Å². The second-order valence-electron chi connectivity index (χ2n) is 14.2. The Hall–Kier alpha value is -2.70. The molecule has 9 rings (SSSR count). The molecular weight excluding hydrogens is 766 g/mol. The molecule has 0 radical (unpaired) electrons. The van der Waals surface area contributed by atoms with Crippen LogP contribution in [0.5, 0.6) is 0 Å². The zero-order valence-corrected chi connectivity index (χ0v) is 32.9. The van der Waals surface area contributed by atoms with E-state index in [1.165, 1.54) is 123 Å². The topological polar surface area (TPSA) is 50.2 Å². The number of amidine groups is 1. The van der Waals surface area contributed by atoms with Gasteiger partial charge in [-0.05, 0) is 83.3 Å². The molecule has 6 nitrogen and oxygen atoms in total. The van der Waals surface area contributed by atoms with Gasteiger partial charge in [0.05, 0.1) is 0 Å². The molecule has 0 N–H and O–H groups in total. The molecular formula is C40H44BIN6S2. The van der Waals surface area contributed by atoms with Gasteiger partial charge < -0.3 is 13.8 Å². The van der Waals surface area contributed by atoms with Crippen LogP contribution < -0.4 is 11.0 Å². The highest BCUT2D eigenvalue weighted by Crippen LogP contribution is 2.49. The standard InChI is InChI=1S/C40H44BIN6S2/c1-3-5-7-9-11-13-22-49-26-18-20-28-31(24-26)38-44-39-32-25-27(50-23-14-12-10-8-6-4-2)19-21-29(32)36-45-40-34-30(16-15-17-33(34)42)37-43-35(28)46(38)41(47(36)39)48(37)40/h15-21,24-25,35H,3-14,22-23H2,1-2H3. The van der Waals surface area contributed by atoms with Crippen molar-refractivity contribution in [2.45, 2.75) is 107 Å². The van der Waals surface area contributed by atoms with E-state index in [9.17, 15) is 0 Å². The van der Waals surface area contributed by atoms with E-state index in [4.69, 9.17) is 15.0 Å². The summed E-state index contributed by atoms with van der Waals surface area (Å²) in [6, 6.07) is 20.6. The minimum atomic E-state index is -0.115. The lowest BCUT2D eigenvalue weighted by Gasteiger charge is -2.39. The summed E-state index contributed by atoms with van der Waals surface area (Å²) in [5, 5.41) is 4.78. The predicted octanol–water partition coefficient (Wildman–Crippen LogP) is 10.8. The Morgan fingerprint density at radius 1 is 0.680 bits per heavy atom. The largest absolute Gasteiger partial charge is 0.522 e. The van der Waals surface area contributed by atoms with Gasteiger partial charge in [-0.3, -0.25) is 0 Å². The van der Waals surface area contributed by atoms with Gasteiger partial charge in [0.25, 0.3) is 0 Å². The summed E-state index contributed by atoms with van der Waals surface area (Å²) in [7, 11) is -0.0982. The third kappa shape index (κ3) is 5.49. The second kappa shape index (κ2) is 14.0. The molecule has 50 heavy (non-hydrogen) atoms. The molecule has 3 aromatic carbocycles. The van der Waals surface area contributed by atoms with Crippen LogP contribution in [-0.4, -0.2) is 38.2 Å². The number of aromatic nitrogens is 2. The molecule has 2 aromatic heterocycles. The Labute approximate surface area is 317 Å². The maximum atomic E-state index is 5.56. The van der Waals surface area contributed by atoms with Crippen LogP contribution in [0, 0.1) is 3.57 Å². The Balaban J connectivity index is 1.13. The van der Waals surface area contributed by atoms with Crippen molar-refractivity contribution in [3.63, 3.8) is 0 Å². The molecule has 4 aliphatic heterocycles. The molecule has 10 heteroatoms. The highest BCUT2D eigenvalue weighted by molar-refractivity contribution is 14.1. The average Bonchev–Trinajstić information content (AvgIpc) is 3.75. The summed E-state index contributed by atoms with van der Waals surface area (Å²) in [6.07, 6.45) is 15.8. The first-order chi connectivity index (χ1) is 24.7. The quantitative estimate of drug-likeness (QED) is 0.0432. The SMILES string of the molecule is CCCCCCCCSc1ccc2c(c1)C1=Nc3c4cc(SCCCCCCCC)ccc4c4n3B3N1C2N=c1c2cccc(I)c2c(n13)=N4. The number of nitrogens with zero attached hydrogens (tertiary/aromatic N) is 6. The number of fused-ring (bicyclic) bond motifs is 9. The molecule has 1 unspecified atom stereocenters. The number of unbranched alkanes of at least 4 members (excludes halogenated alkanes) is 10. The monoisotopic (exact) mass is 810 g/mol. The number of aliphatic imine (C=N–C) groups is 1. The van der Waals surface area contributed by atoms with Crippen molar-refractivity contribution in [3.8, 4) is 0 Å². The lowest BCUT2D eigenvalue weighted by molar-refractivity contribution is 0.442. The molecule has 0 saturated heterocycles. The van der Waals surface area contributed by atoms with Gasteiger partial charge in [-0.15, -0.1) is 23.5 Å². The summed E-state index contributed by atoms with van der Waals surface area (Å²) in [5.74, 6) is 5.41. The van der Waals surface area contributed by atoms with E-state index in [0.29, 0.717) is 0 Å². The normalized spacial score (nSPS) is 16.1. The van der Waals surface area contributed by atoms with Crippen molar-refractivity contribution in [1.29, 1.82) is 0 Å². The van der Waals surface area contributed by atoms with Crippen molar-refractivity contribution in [2.24, 2.45) is 15.0 Å². The fraction of sp³-hybridized carbons (Fsp3) is 0.425. The third-order valence-corrected chi connectivity index (χ3v) is 13.9. The molecule has 0 aliphatic carbocycles. The van der Waals surface area contributed by atoms with Gasteiger partial charge >= 0.3 is 7.12 Å². The minimum Gasteiger partial charge on any atom is -0.334 e. The molecule has 0 fully saturated rings. The lowest BCUT2D eigenvalue weighted by atomic mass is 9.85. The van der Waals surface area contributed by atoms with E-state index in [-0.39, 0.29) is 13.3 Å². The first-order valence-corrected chi connectivity index (χ1v) is 21.9. The fourth-order valence-electron chi connectivity index (χ4n) is 8.31. The molecule has 0 bridgehead atoms. The van der Waals surface area contributed by atoms with Crippen LogP contribution in [0.2, 0.25) is 0 Å². The van der Waals surface area contributed by atoms with E-state index in [2.05, 4.69) is 105 Å². The Kier molecular flexibility index (Phi) is 9.31. The molecule has 6 heterocycles. The van der Waals surface area contributed by atoms with E-state index in [1.807, 2.05) is 23.5 Å². The van der Waals surface area contributed by atoms with Gasteiger partial charge in [0, 0.05) is 46.0 Å². The first-order valence-electron chi connectivity index (χ1n) is 18.9. The van der Waals surface area contributed by atoms with Gasteiger partial charge in [0.1, 0.15) is 34.6 Å². The van der Waals surface area contributed by atoms with E-state index in [0.717, 1.165) is 40.0 Å². The first kappa shape index (κ1) is 33.2. The zero-order chi connectivity index (χ0) is 33.8. The second-order valence-corrected chi connectivity index (χ2v) is 17.7. The maximum absolute atomic E-state index is 5.56. The molecule has 0 spiro atoms. The van der Waals surface area contributed by atoms with Crippen LogP contribution in [0.25, 0.3) is 21.5 Å². The molecule has 0 saturated carbocycles. The van der Waals surface area contributed by atoms with Crippen LogP contribution in [0.4, 0.5) is 11.6 Å². The average molecular weight is 811 g/mol. The highest BCUT2D eigenvalue weighted by atomic mass is 127. The van der Waals surface area contributed by atoms with Gasteiger partial charge in [-0.2, -0.15) is 0 Å². The number of hydrogen-bond donors (Lipinski definition) is 0. The van der Waals surface area contributed by atoms with Gasteiger partial charge in [-0.25, -0.2) is 15.0 Å². The molecule has 256 valence electrons. The summed E-state index contributed by atoms with van der Waals surface area (Å²) in [6.45, 7) is 4.57. The number of rotatable bonds is 16. The highest BCUT2D eigenvalue weighted by Gasteiger charge is 2.53. The Morgan fingerprint density at radius 2 is 1.36 bits per heavy atom. The third-order valence-electron chi connectivity index (χ3n) is 10.8. The van der Waals surface area contributed by atoms with E-state index >= 15 is 0 Å². The maximum Gasteiger partial charge on any atom is 0.522 e. The van der Waals surface area contributed by atoms with Gasteiger partial charge in [-0.1, -0.05) is 96.3 Å². The van der Waals surface area contributed by atoms with Gasteiger partial charge in [0.15, 0.2) is 0 Å². The van der Waals surface area contributed by atoms with Crippen LogP contribution >= 0.6 is 46.1 Å². The Morgan fingerprint density at radius 3 is 2.12 bits per heavy atom. The predicted molar refractivity (Wildman–Crippen MR) is 221 cm³/mol. The summed E-state index contributed by atoms with van der Waals surface area (Å²) < 4.78 is 6.01. The summed E-state index contributed by atoms with van der Waals surface area (Å²) in [4.78, 5) is 21.7. The van der Waals surface area contributed by atoms with E-state index < -0.39 is 0 Å². The summed E-state index contributed by atoms with van der Waals surface area (Å²) in [5.41, 5.74) is 4.54. The smallest absolute Gasteiger partial charge is 0.334 e. The van der Waals surface area contributed by atoms with Gasteiger partial charge in [0.2, 0.25) is 0 Å². The van der Waals surface area contributed by atoms with Crippen LogP contribution in [0.1, 0.15) is 108 Å². The van der Waals surface area contributed by atoms with Crippen LogP contribution in [-0.2, 0) is 0 Å². The molecule has 0 amide bonds. The number of benzene rings is 3. The fourth-order valence-corrected chi connectivity index (χ4v) is 10.9. The number of halogens is 1. The Bertz CT molecular complexity index is 2280. The zero-order valence-electron chi connectivity index (χ0n) is 29.1. The minimum absolute atomic E-state index is 0.0982. The molecule has 5 aromatic rings. The van der Waals surface area contributed by atoms with Crippen molar-refractivity contribution >= 4 is 92.2 Å². The molecule has 4 aliphatic rings. The van der Waals surface area contributed by atoms with Crippen molar-refractivity contribution in [2.75, 3.05) is 11.5 Å². The van der Waals surface area contributed by atoms with E-state index in [1.54, 1.807) is 0 Å². The number of thioether (sulfide) groups is 2.